The molecule has 1 unspecified atom stereocenters. The second kappa shape index (κ2) is 8.62. The number of aryl methyl sites for hydroxylation is 1. The maximum atomic E-state index is 14.2. The highest BCUT2D eigenvalue weighted by Crippen LogP contribution is 2.34. The monoisotopic (exact) mass is 354 g/mol. The minimum atomic E-state index is -0.760. The normalized spacial score (nSPS) is 17.2. The zero-order chi connectivity index (χ0) is 18.5. The topological polar surface area (TPSA) is 0 Å². The molecule has 0 heterocycles. The molecule has 1 aliphatic carbocycles. The molecule has 0 aliphatic heterocycles. The van der Waals surface area contributed by atoms with E-state index in [-0.39, 0.29) is 0 Å². The summed E-state index contributed by atoms with van der Waals surface area (Å²) >= 11 is 0. The van der Waals surface area contributed by atoms with Crippen LogP contribution in [0.2, 0.25) is 0 Å². The molecule has 2 heteroatoms. The van der Waals surface area contributed by atoms with E-state index in [1.807, 2.05) is 24.3 Å². The summed E-state index contributed by atoms with van der Waals surface area (Å²) in [5.41, 5.74) is 3.98. The smallest absolute Gasteiger partial charge is 0.166 e. The van der Waals surface area contributed by atoms with Crippen LogP contribution in [0.5, 0.6) is 0 Å². The zero-order valence-electron chi connectivity index (χ0n) is 15.8. The van der Waals surface area contributed by atoms with E-state index >= 15 is 0 Å². The third kappa shape index (κ3) is 4.23. The van der Waals surface area contributed by atoms with Crippen LogP contribution in [0.4, 0.5) is 8.78 Å². The Morgan fingerprint density at radius 1 is 0.923 bits per heavy atom. The van der Waals surface area contributed by atoms with Crippen LogP contribution in [-0.4, -0.2) is 0 Å². The Labute approximate surface area is 156 Å². The van der Waals surface area contributed by atoms with Crippen molar-refractivity contribution < 1.29 is 8.78 Å². The SMILES string of the molecule is CCCCCC1CC=C(c2ccc(-c3ccc(C)c(F)c3F)cc2)CC1. The van der Waals surface area contributed by atoms with Crippen molar-refractivity contribution in [3.8, 4) is 11.1 Å². The number of allylic oxidation sites excluding steroid dienone is 2. The van der Waals surface area contributed by atoms with Gasteiger partial charge in [-0.05, 0) is 54.4 Å². The molecule has 26 heavy (non-hydrogen) atoms. The largest absolute Gasteiger partial charge is 0.203 e. The van der Waals surface area contributed by atoms with Crippen molar-refractivity contribution in [2.45, 2.75) is 58.8 Å². The van der Waals surface area contributed by atoms with Gasteiger partial charge in [0.25, 0.3) is 0 Å². The molecule has 0 bridgehead atoms. The zero-order valence-corrected chi connectivity index (χ0v) is 15.8. The van der Waals surface area contributed by atoms with Gasteiger partial charge in [0.1, 0.15) is 0 Å². The summed E-state index contributed by atoms with van der Waals surface area (Å²) in [6.07, 6.45) is 11.2. The van der Waals surface area contributed by atoms with Gasteiger partial charge in [-0.3, -0.25) is 0 Å². The van der Waals surface area contributed by atoms with Gasteiger partial charge in [0.15, 0.2) is 11.6 Å². The Hall–Kier alpha value is -1.96. The van der Waals surface area contributed by atoms with Crippen molar-refractivity contribution in [2.75, 3.05) is 0 Å². The average Bonchev–Trinajstić information content (AvgIpc) is 2.67. The third-order valence-corrected chi connectivity index (χ3v) is 5.58. The number of rotatable bonds is 6. The molecule has 0 spiro atoms. The lowest BCUT2D eigenvalue weighted by atomic mass is 9.83. The summed E-state index contributed by atoms with van der Waals surface area (Å²) in [5.74, 6) is -0.686. The first-order chi connectivity index (χ1) is 12.6. The van der Waals surface area contributed by atoms with E-state index in [1.165, 1.54) is 49.7 Å². The molecule has 138 valence electrons. The van der Waals surface area contributed by atoms with Crippen LogP contribution in [0.1, 0.15) is 63.0 Å². The fourth-order valence-corrected chi connectivity index (χ4v) is 3.83. The first-order valence-electron chi connectivity index (χ1n) is 9.84. The predicted molar refractivity (Wildman–Crippen MR) is 106 cm³/mol. The summed E-state index contributed by atoms with van der Waals surface area (Å²) in [4.78, 5) is 0. The molecule has 0 N–H and O–H groups in total. The molecule has 3 rings (SSSR count). The van der Waals surface area contributed by atoms with Gasteiger partial charge in [-0.1, -0.05) is 75.1 Å². The van der Waals surface area contributed by atoms with E-state index in [0.29, 0.717) is 11.1 Å². The lowest BCUT2D eigenvalue weighted by Crippen LogP contribution is -2.05. The molecule has 0 amide bonds. The van der Waals surface area contributed by atoms with Crippen LogP contribution >= 0.6 is 0 Å². The molecular weight excluding hydrogens is 326 g/mol. The standard InChI is InChI=1S/C24H28F2/c1-3-4-5-6-18-8-10-19(11-9-18)20-12-14-21(15-13-20)22-16-7-17(2)23(25)24(22)26/h7,10,12-16,18H,3-6,8-9,11H2,1-2H3. The Morgan fingerprint density at radius 2 is 1.65 bits per heavy atom. The van der Waals surface area contributed by atoms with Crippen molar-refractivity contribution >= 4 is 5.57 Å². The lowest BCUT2D eigenvalue weighted by molar-refractivity contribution is 0.428. The van der Waals surface area contributed by atoms with Crippen molar-refractivity contribution in [2.24, 2.45) is 5.92 Å². The molecule has 0 radical (unpaired) electrons. The number of hydrogen-bond donors (Lipinski definition) is 0. The molecule has 2 aromatic carbocycles. The van der Waals surface area contributed by atoms with E-state index in [4.69, 9.17) is 0 Å². The summed E-state index contributed by atoms with van der Waals surface area (Å²) < 4.78 is 28.0. The Bertz CT molecular complexity index is 772. The van der Waals surface area contributed by atoms with Crippen molar-refractivity contribution in [1.82, 2.24) is 0 Å². The van der Waals surface area contributed by atoms with E-state index in [9.17, 15) is 8.78 Å². The molecule has 0 aromatic heterocycles. The number of hydrogen-bond acceptors (Lipinski definition) is 0. The highest BCUT2D eigenvalue weighted by Gasteiger charge is 2.16. The number of benzene rings is 2. The van der Waals surface area contributed by atoms with E-state index in [0.717, 1.165) is 17.9 Å². The second-order valence-corrected chi connectivity index (χ2v) is 7.50. The highest BCUT2D eigenvalue weighted by atomic mass is 19.2. The molecule has 0 saturated heterocycles. The average molecular weight is 354 g/mol. The first kappa shape index (κ1) is 18.8. The lowest BCUT2D eigenvalue weighted by Gasteiger charge is -2.22. The summed E-state index contributed by atoms with van der Waals surface area (Å²) in [7, 11) is 0. The van der Waals surface area contributed by atoms with Gasteiger partial charge in [-0.25, -0.2) is 8.78 Å². The minimum absolute atomic E-state index is 0.327. The molecule has 0 saturated carbocycles. The molecule has 1 aliphatic rings. The second-order valence-electron chi connectivity index (χ2n) is 7.50. The van der Waals surface area contributed by atoms with Gasteiger partial charge in [0.05, 0.1) is 0 Å². The summed E-state index contributed by atoms with van der Waals surface area (Å²) in [6, 6.07) is 11.2. The van der Waals surface area contributed by atoms with Crippen LogP contribution in [0.15, 0.2) is 42.5 Å². The van der Waals surface area contributed by atoms with Gasteiger partial charge in [-0.15, -0.1) is 0 Å². The fourth-order valence-electron chi connectivity index (χ4n) is 3.83. The summed E-state index contributed by atoms with van der Waals surface area (Å²) in [6.45, 7) is 3.83. The summed E-state index contributed by atoms with van der Waals surface area (Å²) in [5, 5.41) is 0. The molecular formula is C24H28F2. The fraction of sp³-hybridized carbons (Fsp3) is 0.417. The predicted octanol–water partition coefficient (Wildman–Crippen LogP) is 7.70. The van der Waals surface area contributed by atoms with Gasteiger partial charge in [0, 0.05) is 5.56 Å². The highest BCUT2D eigenvalue weighted by molar-refractivity contribution is 5.71. The maximum absolute atomic E-state index is 14.2. The number of halogens is 2. The van der Waals surface area contributed by atoms with Crippen LogP contribution in [0.25, 0.3) is 16.7 Å². The van der Waals surface area contributed by atoms with E-state index in [2.05, 4.69) is 13.0 Å². The van der Waals surface area contributed by atoms with Crippen LogP contribution in [0, 0.1) is 24.5 Å². The minimum Gasteiger partial charge on any atom is -0.203 e. The Balaban J connectivity index is 1.70. The Kier molecular flexibility index (Phi) is 6.24. The van der Waals surface area contributed by atoms with Gasteiger partial charge >= 0.3 is 0 Å². The van der Waals surface area contributed by atoms with Gasteiger partial charge in [-0.2, -0.15) is 0 Å². The Morgan fingerprint density at radius 3 is 2.31 bits per heavy atom. The molecule has 0 fully saturated rings. The van der Waals surface area contributed by atoms with E-state index < -0.39 is 11.6 Å². The van der Waals surface area contributed by atoms with Crippen LogP contribution in [-0.2, 0) is 0 Å². The van der Waals surface area contributed by atoms with Crippen molar-refractivity contribution in [3.63, 3.8) is 0 Å². The van der Waals surface area contributed by atoms with Gasteiger partial charge in [0.2, 0.25) is 0 Å². The van der Waals surface area contributed by atoms with Crippen molar-refractivity contribution in [3.05, 3.63) is 65.2 Å². The molecule has 2 aromatic rings. The van der Waals surface area contributed by atoms with Crippen LogP contribution in [0.3, 0.4) is 0 Å². The molecule has 0 nitrogen and oxygen atoms in total. The van der Waals surface area contributed by atoms with E-state index in [1.54, 1.807) is 19.1 Å². The maximum Gasteiger partial charge on any atom is 0.166 e. The van der Waals surface area contributed by atoms with Crippen LogP contribution < -0.4 is 0 Å². The third-order valence-electron chi connectivity index (χ3n) is 5.58. The molecule has 1 atom stereocenters. The first-order valence-corrected chi connectivity index (χ1v) is 9.84. The van der Waals surface area contributed by atoms with Crippen molar-refractivity contribution in [1.29, 1.82) is 0 Å². The van der Waals surface area contributed by atoms with Gasteiger partial charge < -0.3 is 0 Å². The quantitative estimate of drug-likeness (QED) is 0.466. The number of unbranched alkanes of at least 4 members (excludes halogenated alkanes) is 2.